The summed E-state index contributed by atoms with van der Waals surface area (Å²) in [6, 6.07) is 11.8. The molecule has 1 atom stereocenters. The predicted molar refractivity (Wildman–Crippen MR) is 133 cm³/mol. The fourth-order valence-corrected chi connectivity index (χ4v) is 3.89. The Hall–Kier alpha value is -3.23. The van der Waals surface area contributed by atoms with Crippen LogP contribution in [0.15, 0.2) is 42.5 Å². The Morgan fingerprint density at radius 2 is 1.74 bits per heavy atom. The molecule has 8 heteroatoms. The number of rotatable bonds is 6. The maximum absolute atomic E-state index is 13.1. The number of nitrogens with zero attached hydrogens (tertiary/aromatic N) is 2. The molecule has 0 aromatic heterocycles. The van der Waals surface area contributed by atoms with E-state index in [-0.39, 0.29) is 11.8 Å². The van der Waals surface area contributed by atoms with E-state index in [1.165, 1.54) is 0 Å². The smallest absolute Gasteiger partial charge is 0.338 e. The van der Waals surface area contributed by atoms with Crippen molar-refractivity contribution < 1.29 is 19.1 Å². The third-order valence-corrected chi connectivity index (χ3v) is 5.46. The van der Waals surface area contributed by atoms with Crippen molar-refractivity contribution in [3.63, 3.8) is 0 Å². The second-order valence-electron chi connectivity index (χ2n) is 9.74. The van der Waals surface area contributed by atoms with Crippen LogP contribution in [0.1, 0.15) is 48.3 Å². The van der Waals surface area contributed by atoms with Gasteiger partial charge in [0.15, 0.2) is 0 Å². The molecule has 2 aromatic rings. The first kappa shape index (κ1) is 25.4. The second kappa shape index (κ2) is 10.4. The zero-order valence-electron chi connectivity index (χ0n) is 20.8. The lowest BCUT2D eigenvalue weighted by Gasteiger charge is -2.30. The number of fused-ring (bicyclic) bond motifs is 1. The van der Waals surface area contributed by atoms with Crippen molar-refractivity contribution in [3.05, 3.63) is 59.2 Å². The van der Waals surface area contributed by atoms with E-state index in [9.17, 15) is 14.4 Å². The Bertz CT molecular complexity index is 1060. The van der Waals surface area contributed by atoms with E-state index in [2.05, 4.69) is 10.6 Å². The number of likely N-dealkylation sites (N-methyl/N-ethyl adjacent to an activating group) is 2. The highest BCUT2D eigenvalue weighted by Gasteiger charge is 2.29. The van der Waals surface area contributed by atoms with E-state index in [0.29, 0.717) is 24.3 Å². The average molecular weight is 467 g/mol. The molecule has 0 radical (unpaired) electrons. The lowest BCUT2D eigenvalue weighted by molar-refractivity contribution is -0.119. The van der Waals surface area contributed by atoms with Gasteiger partial charge in [0, 0.05) is 25.0 Å². The van der Waals surface area contributed by atoms with Gasteiger partial charge in [0.2, 0.25) is 11.8 Å². The number of hydrogen-bond donors (Lipinski definition) is 2. The molecule has 1 aliphatic rings. The van der Waals surface area contributed by atoms with Gasteiger partial charge in [-0.3, -0.25) is 9.59 Å². The van der Waals surface area contributed by atoms with Crippen LogP contribution in [0.3, 0.4) is 0 Å². The summed E-state index contributed by atoms with van der Waals surface area (Å²) in [5.74, 6) is -0.623. The molecule has 2 N–H and O–H groups in total. The maximum Gasteiger partial charge on any atom is 0.338 e. The Morgan fingerprint density at radius 1 is 1.06 bits per heavy atom. The predicted octanol–water partition coefficient (Wildman–Crippen LogP) is 2.99. The first-order valence-corrected chi connectivity index (χ1v) is 11.4. The average Bonchev–Trinajstić information content (AvgIpc) is 2.76. The number of hydrogen-bond acceptors (Lipinski definition) is 6. The number of carbonyl (C=O) groups is 3. The number of carbonyl (C=O) groups excluding carboxylic acids is 3. The van der Waals surface area contributed by atoms with E-state index < -0.39 is 17.6 Å². The first-order valence-electron chi connectivity index (χ1n) is 11.4. The van der Waals surface area contributed by atoms with Crippen molar-refractivity contribution in [2.45, 2.75) is 38.8 Å². The lowest BCUT2D eigenvalue weighted by atomic mass is 9.91. The van der Waals surface area contributed by atoms with Gasteiger partial charge in [-0.25, -0.2) is 4.79 Å². The summed E-state index contributed by atoms with van der Waals surface area (Å²) in [7, 11) is 5.48. The molecule has 0 spiro atoms. The van der Waals surface area contributed by atoms with Crippen LogP contribution in [0, 0.1) is 0 Å². The number of esters is 1. The molecule has 182 valence electrons. The zero-order chi connectivity index (χ0) is 25.0. The Labute approximate surface area is 201 Å². The van der Waals surface area contributed by atoms with Gasteiger partial charge < -0.3 is 25.2 Å². The lowest BCUT2D eigenvalue weighted by Crippen LogP contribution is -2.40. The number of amides is 2. The van der Waals surface area contributed by atoms with Crippen LogP contribution in [-0.2, 0) is 20.7 Å². The SMILES string of the molecule is CN(C)CC(=O)N(C)c1cccc2c1CCNC2C(=O)Nc1ccc(C(=O)OC(C)(C)C)cc1. The standard InChI is InChI=1S/C26H34N4O4/c1-26(2,3)34-25(33)17-10-12-18(13-11-17)28-24(32)23-20-8-7-9-21(19(20)14-15-27-23)30(6)22(31)16-29(4)5/h7-13,23,27H,14-16H2,1-6H3,(H,28,32). The van der Waals surface area contributed by atoms with Gasteiger partial charge in [0.05, 0.1) is 12.1 Å². The fourth-order valence-electron chi connectivity index (χ4n) is 3.89. The zero-order valence-corrected chi connectivity index (χ0v) is 20.8. The van der Waals surface area contributed by atoms with Gasteiger partial charge in [-0.15, -0.1) is 0 Å². The van der Waals surface area contributed by atoms with Crippen LogP contribution in [0.2, 0.25) is 0 Å². The molecule has 8 nitrogen and oxygen atoms in total. The molecular formula is C26H34N4O4. The topological polar surface area (TPSA) is 91.0 Å². The largest absolute Gasteiger partial charge is 0.456 e. The summed E-state index contributed by atoms with van der Waals surface area (Å²) in [6.07, 6.45) is 0.722. The molecule has 1 heterocycles. The monoisotopic (exact) mass is 466 g/mol. The van der Waals surface area contributed by atoms with Crippen molar-refractivity contribution in [3.8, 4) is 0 Å². The van der Waals surface area contributed by atoms with Gasteiger partial charge in [0.25, 0.3) is 0 Å². The Kier molecular flexibility index (Phi) is 7.74. The Morgan fingerprint density at radius 3 is 2.35 bits per heavy atom. The highest BCUT2D eigenvalue weighted by Crippen LogP contribution is 2.31. The van der Waals surface area contributed by atoms with Gasteiger partial charge >= 0.3 is 5.97 Å². The van der Waals surface area contributed by atoms with Gasteiger partial charge in [-0.1, -0.05) is 12.1 Å². The van der Waals surface area contributed by atoms with Crippen molar-refractivity contribution in [2.75, 3.05) is 44.4 Å². The quantitative estimate of drug-likeness (QED) is 0.636. The minimum atomic E-state index is -0.575. The second-order valence-corrected chi connectivity index (χ2v) is 9.74. The summed E-state index contributed by atoms with van der Waals surface area (Å²) < 4.78 is 5.38. The maximum atomic E-state index is 13.1. The summed E-state index contributed by atoms with van der Waals surface area (Å²) in [4.78, 5) is 41.5. The van der Waals surface area contributed by atoms with Crippen LogP contribution >= 0.6 is 0 Å². The first-order chi connectivity index (χ1) is 16.0. The minimum absolute atomic E-state index is 0.0111. The molecule has 0 bridgehead atoms. The summed E-state index contributed by atoms with van der Waals surface area (Å²) in [5, 5.41) is 6.20. The minimum Gasteiger partial charge on any atom is -0.456 e. The third-order valence-electron chi connectivity index (χ3n) is 5.46. The van der Waals surface area contributed by atoms with Gasteiger partial charge in [-0.05, 0) is 82.7 Å². The molecule has 34 heavy (non-hydrogen) atoms. The van der Waals surface area contributed by atoms with E-state index in [1.807, 2.05) is 58.0 Å². The number of ether oxygens (including phenoxy) is 1. The molecule has 3 rings (SSSR count). The summed E-state index contributed by atoms with van der Waals surface area (Å²) in [5.41, 5.74) is 3.11. The third kappa shape index (κ3) is 6.21. The molecule has 0 aliphatic carbocycles. The van der Waals surface area contributed by atoms with Crippen LogP contribution < -0.4 is 15.5 Å². The molecular weight excluding hydrogens is 432 g/mol. The van der Waals surface area contributed by atoms with Gasteiger partial charge in [-0.2, -0.15) is 0 Å². The van der Waals surface area contributed by atoms with Crippen molar-refractivity contribution in [2.24, 2.45) is 0 Å². The fraction of sp³-hybridized carbons (Fsp3) is 0.423. The van der Waals surface area contributed by atoms with E-state index >= 15 is 0 Å². The van der Waals surface area contributed by atoms with Crippen LogP contribution in [0.5, 0.6) is 0 Å². The van der Waals surface area contributed by atoms with E-state index in [1.54, 1.807) is 36.2 Å². The van der Waals surface area contributed by atoms with Crippen molar-refractivity contribution in [1.29, 1.82) is 0 Å². The Balaban J connectivity index is 1.76. The molecule has 1 aliphatic heterocycles. The van der Waals surface area contributed by atoms with Crippen LogP contribution in [0.4, 0.5) is 11.4 Å². The highest BCUT2D eigenvalue weighted by atomic mass is 16.6. The number of nitrogens with one attached hydrogen (secondary N) is 2. The van der Waals surface area contributed by atoms with Crippen molar-refractivity contribution >= 4 is 29.2 Å². The molecule has 0 fully saturated rings. The number of anilines is 2. The van der Waals surface area contributed by atoms with Gasteiger partial charge in [0.1, 0.15) is 11.6 Å². The van der Waals surface area contributed by atoms with E-state index in [0.717, 1.165) is 23.2 Å². The van der Waals surface area contributed by atoms with Crippen molar-refractivity contribution in [1.82, 2.24) is 10.2 Å². The summed E-state index contributed by atoms with van der Waals surface area (Å²) in [6.45, 7) is 6.37. The number of benzene rings is 2. The molecule has 0 saturated heterocycles. The highest BCUT2D eigenvalue weighted by molar-refractivity contribution is 5.98. The molecule has 0 saturated carbocycles. The summed E-state index contributed by atoms with van der Waals surface area (Å²) >= 11 is 0. The van der Waals surface area contributed by atoms with Crippen LogP contribution in [0.25, 0.3) is 0 Å². The molecule has 1 unspecified atom stereocenters. The molecule has 2 aromatic carbocycles. The van der Waals surface area contributed by atoms with E-state index in [4.69, 9.17) is 4.74 Å². The van der Waals surface area contributed by atoms with Crippen LogP contribution in [-0.4, -0.2) is 62.5 Å². The molecule has 2 amide bonds. The normalized spacial score (nSPS) is 15.4.